The van der Waals surface area contributed by atoms with Gasteiger partial charge < -0.3 is 4.57 Å². The van der Waals surface area contributed by atoms with Crippen LogP contribution in [0.15, 0.2) is 60.7 Å². The summed E-state index contributed by atoms with van der Waals surface area (Å²) in [4.78, 5) is 4.82. The Morgan fingerprint density at radius 3 is 2.58 bits per heavy atom. The molecule has 0 aliphatic heterocycles. The molecule has 0 amide bonds. The van der Waals surface area contributed by atoms with Gasteiger partial charge in [-0.25, -0.2) is 4.98 Å². The normalized spacial score (nSPS) is 11.0. The largest absolute Gasteiger partial charge is 0.300 e. The molecule has 2 heterocycles. The summed E-state index contributed by atoms with van der Waals surface area (Å²) in [7, 11) is 0. The van der Waals surface area contributed by atoms with Crippen molar-refractivity contribution in [1.82, 2.24) is 19.7 Å². The Labute approximate surface area is 144 Å². The molecule has 24 heavy (non-hydrogen) atoms. The van der Waals surface area contributed by atoms with Crippen LogP contribution in [-0.4, -0.2) is 19.7 Å². The fraction of sp³-hybridized carbons (Fsp3) is 0.105. The number of nitrogens with one attached hydrogen (secondary N) is 1. The summed E-state index contributed by atoms with van der Waals surface area (Å²) in [6, 6.07) is 20.4. The average molecular weight is 332 g/mol. The first-order chi connectivity index (χ1) is 11.8. The van der Waals surface area contributed by atoms with E-state index < -0.39 is 0 Å². The SMILES string of the molecule is CCn1c(-c2cc(-c3ccccc3)nc3ccccc23)n[nH]c1=S. The summed E-state index contributed by atoms with van der Waals surface area (Å²) in [6.45, 7) is 2.83. The highest BCUT2D eigenvalue weighted by molar-refractivity contribution is 7.71. The molecule has 0 fully saturated rings. The number of pyridine rings is 1. The van der Waals surface area contributed by atoms with Gasteiger partial charge in [-0.1, -0.05) is 48.5 Å². The quantitative estimate of drug-likeness (QED) is 0.546. The minimum Gasteiger partial charge on any atom is -0.300 e. The van der Waals surface area contributed by atoms with Crippen LogP contribution in [-0.2, 0) is 6.54 Å². The Morgan fingerprint density at radius 2 is 1.79 bits per heavy atom. The highest BCUT2D eigenvalue weighted by Crippen LogP contribution is 2.31. The number of H-pyrrole nitrogens is 1. The van der Waals surface area contributed by atoms with Gasteiger partial charge in [0.2, 0.25) is 0 Å². The van der Waals surface area contributed by atoms with Crippen LogP contribution in [0.5, 0.6) is 0 Å². The molecule has 0 aliphatic rings. The second kappa shape index (κ2) is 6.02. The smallest absolute Gasteiger partial charge is 0.195 e. The van der Waals surface area contributed by atoms with Gasteiger partial charge in [0.25, 0.3) is 0 Å². The molecule has 118 valence electrons. The molecule has 4 aromatic rings. The molecule has 1 N–H and O–H groups in total. The molecule has 2 aromatic heterocycles. The van der Waals surface area contributed by atoms with Gasteiger partial charge in [-0.2, -0.15) is 5.10 Å². The maximum Gasteiger partial charge on any atom is 0.195 e. The van der Waals surface area contributed by atoms with Crippen molar-refractivity contribution in [1.29, 1.82) is 0 Å². The van der Waals surface area contributed by atoms with E-state index in [9.17, 15) is 0 Å². The Morgan fingerprint density at radius 1 is 1.04 bits per heavy atom. The lowest BCUT2D eigenvalue weighted by Gasteiger charge is -2.10. The first kappa shape index (κ1) is 14.8. The van der Waals surface area contributed by atoms with Crippen molar-refractivity contribution in [2.45, 2.75) is 13.5 Å². The monoisotopic (exact) mass is 332 g/mol. The molecule has 0 spiro atoms. The van der Waals surface area contributed by atoms with Crippen molar-refractivity contribution in [3.63, 3.8) is 0 Å². The van der Waals surface area contributed by atoms with Crippen molar-refractivity contribution < 1.29 is 0 Å². The molecule has 4 rings (SSSR count). The zero-order valence-electron chi connectivity index (χ0n) is 13.2. The van der Waals surface area contributed by atoms with Crippen molar-refractivity contribution in [2.75, 3.05) is 0 Å². The second-order valence-corrected chi connectivity index (χ2v) is 5.92. The van der Waals surface area contributed by atoms with Crippen LogP contribution in [0.4, 0.5) is 0 Å². The molecule has 0 saturated heterocycles. The molecule has 0 bridgehead atoms. The predicted molar refractivity (Wildman–Crippen MR) is 99.3 cm³/mol. The summed E-state index contributed by atoms with van der Waals surface area (Å²) >= 11 is 5.35. The summed E-state index contributed by atoms with van der Waals surface area (Å²) in [5.74, 6) is 0.846. The lowest BCUT2D eigenvalue weighted by Crippen LogP contribution is -1.99. The Balaban J connectivity index is 2.05. The highest BCUT2D eigenvalue weighted by Gasteiger charge is 2.14. The standard InChI is InChI=1S/C19H16N4S/c1-2-23-18(21-22-19(23)24)15-12-17(13-8-4-3-5-9-13)20-16-11-7-6-10-14(15)16/h3-12H,2H2,1H3,(H,22,24). The highest BCUT2D eigenvalue weighted by atomic mass is 32.1. The van der Waals surface area contributed by atoms with Gasteiger partial charge in [-0.05, 0) is 31.3 Å². The predicted octanol–water partition coefficient (Wildman–Crippen LogP) is 4.84. The zero-order chi connectivity index (χ0) is 16.5. The lowest BCUT2D eigenvalue weighted by molar-refractivity contribution is 0.756. The van der Waals surface area contributed by atoms with E-state index in [1.807, 2.05) is 41.0 Å². The second-order valence-electron chi connectivity index (χ2n) is 5.53. The molecule has 5 heteroatoms. The molecular weight excluding hydrogens is 316 g/mol. The number of aromatic nitrogens is 4. The summed E-state index contributed by atoms with van der Waals surface area (Å²) in [5.41, 5.74) is 4.00. The Hall–Kier alpha value is -2.79. The van der Waals surface area contributed by atoms with Crippen LogP contribution >= 0.6 is 12.2 Å². The van der Waals surface area contributed by atoms with Crippen LogP contribution in [0.25, 0.3) is 33.5 Å². The fourth-order valence-corrected chi connectivity index (χ4v) is 3.20. The molecule has 0 atom stereocenters. The van der Waals surface area contributed by atoms with Gasteiger partial charge in [0.1, 0.15) is 0 Å². The maximum atomic E-state index is 5.35. The molecular formula is C19H16N4S. The zero-order valence-corrected chi connectivity index (χ0v) is 14.0. The topological polar surface area (TPSA) is 46.5 Å². The van der Waals surface area contributed by atoms with Gasteiger partial charge in [-0.3, -0.25) is 5.10 Å². The van der Waals surface area contributed by atoms with Gasteiger partial charge >= 0.3 is 0 Å². The van der Waals surface area contributed by atoms with E-state index >= 15 is 0 Å². The molecule has 0 saturated carbocycles. The van der Waals surface area contributed by atoms with E-state index in [0.717, 1.165) is 40.1 Å². The number of benzene rings is 2. The fourth-order valence-electron chi connectivity index (χ4n) is 2.93. The maximum absolute atomic E-state index is 5.35. The first-order valence-corrected chi connectivity index (χ1v) is 8.29. The Bertz CT molecular complexity index is 1060. The molecule has 0 unspecified atom stereocenters. The molecule has 2 aromatic carbocycles. The van der Waals surface area contributed by atoms with E-state index in [-0.39, 0.29) is 0 Å². The van der Waals surface area contributed by atoms with E-state index in [1.54, 1.807) is 0 Å². The van der Waals surface area contributed by atoms with Gasteiger partial charge in [0.05, 0.1) is 11.2 Å². The molecule has 0 aliphatic carbocycles. The Kier molecular flexibility index (Phi) is 3.70. The average Bonchev–Trinajstić information content (AvgIpc) is 3.02. The summed E-state index contributed by atoms with van der Waals surface area (Å²) < 4.78 is 2.64. The summed E-state index contributed by atoms with van der Waals surface area (Å²) in [6.07, 6.45) is 0. The number of nitrogens with zero attached hydrogens (tertiary/aromatic N) is 3. The number of rotatable bonds is 3. The molecule has 0 radical (unpaired) electrons. The summed E-state index contributed by atoms with van der Waals surface area (Å²) in [5, 5.41) is 8.44. The van der Waals surface area contributed by atoms with E-state index in [0.29, 0.717) is 4.77 Å². The number of para-hydroxylation sites is 1. The third-order valence-electron chi connectivity index (χ3n) is 4.10. The lowest BCUT2D eigenvalue weighted by atomic mass is 10.0. The van der Waals surface area contributed by atoms with Gasteiger partial charge in [0.15, 0.2) is 10.6 Å². The van der Waals surface area contributed by atoms with Crippen molar-refractivity contribution in [3.8, 4) is 22.6 Å². The van der Waals surface area contributed by atoms with Crippen molar-refractivity contribution in [3.05, 3.63) is 65.4 Å². The van der Waals surface area contributed by atoms with E-state index in [2.05, 4.69) is 41.4 Å². The minimum absolute atomic E-state index is 0.634. The van der Waals surface area contributed by atoms with Crippen LogP contribution in [0.2, 0.25) is 0 Å². The third-order valence-corrected chi connectivity index (χ3v) is 4.41. The van der Waals surface area contributed by atoms with Crippen LogP contribution < -0.4 is 0 Å². The van der Waals surface area contributed by atoms with E-state index in [1.165, 1.54) is 0 Å². The van der Waals surface area contributed by atoms with Crippen LogP contribution in [0.1, 0.15) is 6.92 Å². The van der Waals surface area contributed by atoms with Crippen LogP contribution in [0, 0.1) is 4.77 Å². The number of hydrogen-bond donors (Lipinski definition) is 1. The number of aromatic amines is 1. The minimum atomic E-state index is 0.634. The van der Waals surface area contributed by atoms with E-state index in [4.69, 9.17) is 17.2 Å². The first-order valence-electron chi connectivity index (χ1n) is 7.88. The van der Waals surface area contributed by atoms with Gasteiger partial charge in [0, 0.05) is 23.1 Å². The number of hydrogen-bond acceptors (Lipinski definition) is 3. The van der Waals surface area contributed by atoms with Crippen molar-refractivity contribution >= 4 is 23.1 Å². The molecule has 4 nitrogen and oxygen atoms in total. The number of fused-ring (bicyclic) bond motifs is 1. The van der Waals surface area contributed by atoms with Crippen molar-refractivity contribution in [2.24, 2.45) is 0 Å². The third kappa shape index (κ3) is 2.43. The van der Waals surface area contributed by atoms with Crippen LogP contribution in [0.3, 0.4) is 0 Å². The van der Waals surface area contributed by atoms with Gasteiger partial charge in [-0.15, -0.1) is 0 Å².